The van der Waals surface area contributed by atoms with Crippen molar-refractivity contribution in [1.82, 2.24) is 9.97 Å². The predicted octanol–water partition coefficient (Wildman–Crippen LogP) is 1.75. The molecule has 5 heteroatoms. The van der Waals surface area contributed by atoms with Crippen LogP contribution < -0.4 is 16.0 Å². The van der Waals surface area contributed by atoms with E-state index in [1.807, 2.05) is 18.2 Å². The van der Waals surface area contributed by atoms with Crippen LogP contribution in [0, 0.1) is 0 Å². The summed E-state index contributed by atoms with van der Waals surface area (Å²) in [4.78, 5) is 10.6. The molecule has 1 unspecified atom stereocenters. The average Bonchev–Trinajstić information content (AvgIpc) is 2.89. The van der Waals surface area contributed by atoms with Gasteiger partial charge >= 0.3 is 0 Å². The van der Waals surface area contributed by atoms with E-state index < -0.39 is 0 Å². The van der Waals surface area contributed by atoms with Crippen LogP contribution in [0.5, 0.6) is 0 Å². The van der Waals surface area contributed by atoms with E-state index >= 15 is 0 Å². The quantitative estimate of drug-likeness (QED) is 0.874. The first-order valence-electron chi connectivity index (χ1n) is 6.46. The molecule has 0 aliphatic carbocycles. The topological polar surface area (TPSA) is 67.1 Å². The van der Waals surface area contributed by atoms with E-state index in [0.717, 1.165) is 31.0 Å². The number of aromatic nitrogens is 2. The van der Waals surface area contributed by atoms with E-state index in [9.17, 15) is 0 Å². The first kappa shape index (κ1) is 11.8. The minimum Gasteiger partial charge on any atom is -0.381 e. The Balaban J connectivity index is 1.66. The summed E-state index contributed by atoms with van der Waals surface area (Å²) in [5.41, 5.74) is 7.02. The zero-order valence-corrected chi connectivity index (χ0v) is 10.7. The number of hydrogen-bond donors (Lipinski definition) is 2. The molecule has 5 nitrogen and oxygen atoms in total. The third kappa shape index (κ3) is 2.59. The second kappa shape index (κ2) is 5.14. The molecule has 1 aromatic carbocycles. The highest BCUT2D eigenvalue weighted by molar-refractivity contribution is 5.58. The molecule has 3 N–H and O–H groups in total. The van der Waals surface area contributed by atoms with E-state index in [2.05, 4.69) is 32.3 Å². The number of rotatable bonds is 3. The molecule has 2 heterocycles. The van der Waals surface area contributed by atoms with Gasteiger partial charge in [0, 0.05) is 37.2 Å². The normalized spacial score (nSPS) is 18.5. The lowest BCUT2D eigenvalue weighted by Crippen LogP contribution is -2.27. The summed E-state index contributed by atoms with van der Waals surface area (Å²) < 4.78 is 0. The molecule has 19 heavy (non-hydrogen) atoms. The van der Waals surface area contributed by atoms with E-state index in [0.29, 0.717) is 11.9 Å². The zero-order valence-electron chi connectivity index (χ0n) is 10.7. The second-order valence-corrected chi connectivity index (χ2v) is 4.71. The number of nitrogens with two attached hydrogens (primary N) is 1. The molecule has 2 aromatic rings. The molecule has 0 saturated carbocycles. The molecule has 1 fully saturated rings. The summed E-state index contributed by atoms with van der Waals surface area (Å²) in [7, 11) is 0. The number of hydrogen-bond acceptors (Lipinski definition) is 5. The van der Waals surface area contributed by atoms with Gasteiger partial charge in [0.25, 0.3) is 0 Å². The van der Waals surface area contributed by atoms with E-state index in [-0.39, 0.29) is 0 Å². The minimum absolute atomic E-state index is 0.420. The lowest BCUT2D eigenvalue weighted by Gasteiger charge is -2.19. The molecule has 3 rings (SSSR count). The van der Waals surface area contributed by atoms with Crippen molar-refractivity contribution in [1.29, 1.82) is 0 Å². The lowest BCUT2D eigenvalue weighted by atomic mass is 10.2. The summed E-state index contributed by atoms with van der Waals surface area (Å²) in [6, 6.07) is 10.7. The molecule has 1 aliphatic heterocycles. The Hall–Kier alpha value is -2.30. The van der Waals surface area contributed by atoms with Crippen LogP contribution in [0.4, 0.5) is 17.3 Å². The predicted molar refractivity (Wildman–Crippen MR) is 77.1 cm³/mol. The van der Waals surface area contributed by atoms with Crippen molar-refractivity contribution < 1.29 is 0 Å². The van der Waals surface area contributed by atoms with E-state index in [1.54, 1.807) is 12.4 Å². The third-order valence-electron chi connectivity index (χ3n) is 3.34. The van der Waals surface area contributed by atoms with Gasteiger partial charge in [0.2, 0.25) is 0 Å². The van der Waals surface area contributed by atoms with Gasteiger partial charge in [0.05, 0.1) is 0 Å². The highest BCUT2D eigenvalue weighted by Crippen LogP contribution is 2.23. The molecule has 1 aliphatic rings. The maximum absolute atomic E-state index is 5.86. The van der Waals surface area contributed by atoms with E-state index in [1.165, 1.54) is 0 Å². The van der Waals surface area contributed by atoms with Crippen molar-refractivity contribution in [3.63, 3.8) is 0 Å². The van der Waals surface area contributed by atoms with Crippen molar-refractivity contribution in [2.24, 2.45) is 0 Å². The first-order valence-corrected chi connectivity index (χ1v) is 6.46. The Morgan fingerprint density at radius 2 is 1.95 bits per heavy atom. The molecule has 1 aromatic heterocycles. The van der Waals surface area contributed by atoms with Gasteiger partial charge < -0.3 is 16.0 Å². The van der Waals surface area contributed by atoms with Crippen molar-refractivity contribution in [3.05, 3.63) is 42.7 Å². The molecule has 1 saturated heterocycles. The summed E-state index contributed by atoms with van der Waals surface area (Å²) >= 11 is 0. The van der Waals surface area contributed by atoms with Crippen molar-refractivity contribution in [2.45, 2.75) is 12.5 Å². The molecular formula is C14H17N5. The molecule has 98 valence electrons. The van der Waals surface area contributed by atoms with E-state index in [4.69, 9.17) is 5.73 Å². The van der Waals surface area contributed by atoms with Crippen LogP contribution in [0.2, 0.25) is 0 Å². The largest absolute Gasteiger partial charge is 0.381 e. The van der Waals surface area contributed by atoms with Crippen LogP contribution in [0.1, 0.15) is 6.42 Å². The fourth-order valence-electron chi connectivity index (χ4n) is 2.43. The van der Waals surface area contributed by atoms with Gasteiger partial charge in [-0.25, -0.2) is 9.97 Å². The SMILES string of the molecule is Nc1nccnc1N1CCC(Nc2ccccc2)C1. The number of nitrogens with zero attached hydrogens (tertiary/aromatic N) is 3. The van der Waals surface area contributed by atoms with Crippen LogP contribution in [-0.4, -0.2) is 29.1 Å². The van der Waals surface area contributed by atoms with Crippen LogP contribution in [0.3, 0.4) is 0 Å². The Kier molecular flexibility index (Phi) is 3.18. The van der Waals surface area contributed by atoms with Gasteiger partial charge in [0.15, 0.2) is 11.6 Å². The molecule has 0 amide bonds. The molecular weight excluding hydrogens is 238 g/mol. The van der Waals surface area contributed by atoms with Crippen LogP contribution in [0.25, 0.3) is 0 Å². The second-order valence-electron chi connectivity index (χ2n) is 4.71. The smallest absolute Gasteiger partial charge is 0.171 e. The summed E-state index contributed by atoms with van der Waals surface area (Å²) in [6.45, 7) is 1.85. The van der Waals surface area contributed by atoms with Gasteiger partial charge in [-0.15, -0.1) is 0 Å². The van der Waals surface area contributed by atoms with Crippen molar-refractivity contribution in [3.8, 4) is 0 Å². The van der Waals surface area contributed by atoms with Crippen LogP contribution in [-0.2, 0) is 0 Å². The number of benzene rings is 1. The minimum atomic E-state index is 0.420. The first-order chi connectivity index (χ1) is 9.33. The van der Waals surface area contributed by atoms with Gasteiger partial charge in [-0.05, 0) is 18.6 Å². The maximum atomic E-state index is 5.86. The highest BCUT2D eigenvalue weighted by atomic mass is 15.2. The van der Waals surface area contributed by atoms with Gasteiger partial charge in [0.1, 0.15) is 0 Å². The average molecular weight is 255 g/mol. The summed E-state index contributed by atoms with van der Waals surface area (Å²) in [6.07, 6.45) is 4.38. The number of nitrogens with one attached hydrogen (secondary N) is 1. The van der Waals surface area contributed by atoms with Gasteiger partial charge in [-0.2, -0.15) is 0 Å². The lowest BCUT2D eigenvalue weighted by molar-refractivity contribution is 0.806. The van der Waals surface area contributed by atoms with Crippen molar-refractivity contribution >= 4 is 17.3 Å². The zero-order chi connectivity index (χ0) is 13.1. The Bertz CT molecular complexity index is 543. The fraction of sp³-hybridized carbons (Fsp3) is 0.286. The Labute approximate surface area is 112 Å². The van der Waals surface area contributed by atoms with Gasteiger partial charge in [-0.1, -0.05) is 18.2 Å². The Morgan fingerprint density at radius 3 is 2.74 bits per heavy atom. The summed E-state index contributed by atoms with van der Waals surface area (Å²) in [5, 5.41) is 3.53. The van der Waals surface area contributed by atoms with Crippen LogP contribution in [0.15, 0.2) is 42.7 Å². The number of anilines is 3. The molecule has 1 atom stereocenters. The fourth-order valence-corrected chi connectivity index (χ4v) is 2.43. The molecule has 0 radical (unpaired) electrons. The molecule has 0 bridgehead atoms. The van der Waals surface area contributed by atoms with Gasteiger partial charge in [-0.3, -0.25) is 0 Å². The highest BCUT2D eigenvalue weighted by Gasteiger charge is 2.24. The standard InChI is InChI=1S/C14H17N5/c15-13-14(17-8-7-16-13)19-9-6-12(10-19)18-11-4-2-1-3-5-11/h1-5,7-8,12,18H,6,9-10H2,(H2,15,16). The number of para-hydroxylation sites is 1. The third-order valence-corrected chi connectivity index (χ3v) is 3.34. The molecule has 0 spiro atoms. The van der Waals surface area contributed by atoms with Crippen LogP contribution >= 0.6 is 0 Å². The monoisotopic (exact) mass is 255 g/mol. The number of nitrogen functional groups attached to an aromatic ring is 1. The van der Waals surface area contributed by atoms with Crippen molar-refractivity contribution in [2.75, 3.05) is 29.0 Å². The summed E-state index contributed by atoms with van der Waals surface area (Å²) in [5.74, 6) is 1.29. The maximum Gasteiger partial charge on any atom is 0.171 e. The Morgan fingerprint density at radius 1 is 1.16 bits per heavy atom.